The highest BCUT2D eigenvalue weighted by Gasteiger charge is 2.32. The van der Waals surface area contributed by atoms with Crippen LogP contribution in [0.5, 0.6) is 0 Å². The van der Waals surface area contributed by atoms with Crippen LogP contribution < -0.4 is 4.90 Å². The molecule has 0 N–H and O–H groups in total. The molecule has 8 nitrogen and oxygen atoms in total. The summed E-state index contributed by atoms with van der Waals surface area (Å²) in [5, 5.41) is 0. The average molecular weight is 411 g/mol. The van der Waals surface area contributed by atoms with Gasteiger partial charge in [0.05, 0.1) is 39.1 Å². The fraction of sp³-hybridized carbons (Fsp3) is 0.227. The largest absolute Gasteiger partial charge is 0.466 e. The Kier molecular flexibility index (Phi) is 6.48. The summed E-state index contributed by atoms with van der Waals surface area (Å²) in [6.07, 6.45) is 0. The normalized spacial score (nSPS) is 13.6. The summed E-state index contributed by atoms with van der Waals surface area (Å²) in [4.78, 5) is 37.6. The highest BCUT2D eigenvalue weighted by atomic mass is 16.5. The van der Waals surface area contributed by atoms with Crippen LogP contribution in [-0.4, -0.2) is 52.6 Å². The fourth-order valence-electron chi connectivity index (χ4n) is 3.10. The number of methoxy groups -OCH3 is 3. The van der Waals surface area contributed by atoms with Gasteiger partial charge in [-0.2, -0.15) is 0 Å². The molecule has 0 unspecified atom stereocenters. The molecule has 2 aromatic carbocycles. The lowest BCUT2D eigenvalue weighted by atomic mass is 10.0. The van der Waals surface area contributed by atoms with E-state index in [9.17, 15) is 14.4 Å². The lowest BCUT2D eigenvalue weighted by Crippen LogP contribution is -2.38. The van der Waals surface area contributed by atoms with Gasteiger partial charge in [-0.3, -0.25) is 0 Å². The van der Waals surface area contributed by atoms with Gasteiger partial charge in [0.2, 0.25) is 0 Å². The second-order valence-corrected chi connectivity index (χ2v) is 6.33. The third-order valence-corrected chi connectivity index (χ3v) is 4.65. The van der Waals surface area contributed by atoms with E-state index in [0.717, 1.165) is 11.1 Å². The molecule has 30 heavy (non-hydrogen) atoms. The molecule has 1 aliphatic heterocycles. The van der Waals surface area contributed by atoms with Gasteiger partial charge in [-0.1, -0.05) is 24.3 Å². The maximum absolute atomic E-state index is 12.4. The van der Waals surface area contributed by atoms with Crippen molar-refractivity contribution in [1.29, 1.82) is 0 Å². The van der Waals surface area contributed by atoms with Gasteiger partial charge in [-0.25, -0.2) is 14.4 Å². The third kappa shape index (κ3) is 4.18. The first-order valence-corrected chi connectivity index (χ1v) is 9.04. The van der Waals surface area contributed by atoms with Crippen molar-refractivity contribution in [3.05, 3.63) is 65.4 Å². The van der Waals surface area contributed by atoms with Gasteiger partial charge in [-0.15, -0.1) is 0 Å². The summed E-state index contributed by atoms with van der Waals surface area (Å²) in [6, 6.07) is 14.4. The minimum absolute atomic E-state index is 0.0434. The molecule has 0 aromatic heterocycles. The Bertz CT molecular complexity index is 978. The highest BCUT2D eigenvalue weighted by Crippen LogP contribution is 2.29. The molecule has 1 aliphatic rings. The number of anilines is 1. The van der Waals surface area contributed by atoms with E-state index in [4.69, 9.17) is 18.9 Å². The minimum atomic E-state index is -0.652. The topological polar surface area (TPSA) is 91.4 Å². The van der Waals surface area contributed by atoms with Crippen molar-refractivity contribution in [2.24, 2.45) is 0 Å². The Morgan fingerprint density at radius 2 is 1.30 bits per heavy atom. The van der Waals surface area contributed by atoms with E-state index < -0.39 is 17.9 Å². The molecule has 1 heterocycles. The molecule has 0 bridgehead atoms. The Balaban J connectivity index is 1.91. The summed E-state index contributed by atoms with van der Waals surface area (Å²) in [7, 11) is 3.82. The molecule has 2 aromatic rings. The Morgan fingerprint density at radius 3 is 1.83 bits per heavy atom. The van der Waals surface area contributed by atoms with Crippen LogP contribution in [0.25, 0.3) is 11.1 Å². The minimum Gasteiger partial charge on any atom is -0.466 e. The Hall–Kier alpha value is -3.65. The van der Waals surface area contributed by atoms with Crippen LogP contribution in [0.1, 0.15) is 10.4 Å². The monoisotopic (exact) mass is 411 g/mol. The molecule has 156 valence electrons. The summed E-state index contributed by atoms with van der Waals surface area (Å²) in [5.41, 5.74) is 3.11. The molecule has 0 aliphatic carbocycles. The van der Waals surface area contributed by atoms with E-state index in [1.165, 1.54) is 21.3 Å². The molecule has 0 saturated carbocycles. The number of carbonyl (C=O) groups excluding carboxylic acids is 3. The van der Waals surface area contributed by atoms with Crippen LogP contribution in [0, 0.1) is 0 Å². The first kappa shape index (κ1) is 21.1. The maximum Gasteiger partial charge on any atom is 0.355 e. The van der Waals surface area contributed by atoms with E-state index in [-0.39, 0.29) is 24.6 Å². The van der Waals surface area contributed by atoms with Gasteiger partial charge in [0.1, 0.15) is 12.4 Å². The second-order valence-electron chi connectivity index (χ2n) is 6.33. The van der Waals surface area contributed by atoms with E-state index in [1.807, 2.05) is 24.3 Å². The molecule has 0 saturated heterocycles. The number of hydrogen-bond donors (Lipinski definition) is 0. The average Bonchev–Trinajstić information content (AvgIpc) is 2.82. The van der Waals surface area contributed by atoms with Crippen LogP contribution >= 0.6 is 0 Å². The second kappa shape index (κ2) is 9.23. The van der Waals surface area contributed by atoms with Gasteiger partial charge >= 0.3 is 17.9 Å². The van der Waals surface area contributed by atoms with Crippen molar-refractivity contribution in [2.75, 3.05) is 39.6 Å². The number of ether oxygens (including phenoxy) is 4. The SMILES string of the molecule is COC(=O)C1=C(C(=O)OC)N(c2ccc(-c3ccc(C(=O)OC)cc3)cc2)COC1. The van der Waals surface area contributed by atoms with Crippen molar-refractivity contribution in [3.63, 3.8) is 0 Å². The van der Waals surface area contributed by atoms with E-state index >= 15 is 0 Å². The van der Waals surface area contributed by atoms with Crippen molar-refractivity contribution in [2.45, 2.75) is 0 Å². The molecule has 0 spiro atoms. The van der Waals surface area contributed by atoms with Crippen molar-refractivity contribution >= 4 is 23.6 Å². The zero-order chi connectivity index (χ0) is 21.7. The lowest BCUT2D eigenvalue weighted by Gasteiger charge is -2.31. The van der Waals surface area contributed by atoms with E-state index in [1.54, 1.807) is 29.2 Å². The molecule has 3 rings (SSSR count). The predicted molar refractivity (Wildman–Crippen MR) is 108 cm³/mol. The summed E-state index contributed by atoms with van der Waals surface area (Å²) < 4.78 is 19.8. The molecular formula is C22H21NO7. The quantitative estimate of drug-likeness (QED) is 0.548. The molecule has 8 heteroatoms. The number of esters is 3. The maximum atomic E-state index is 12.4. The Morgan fingerprint density at radius 1 is 0.767 bits per heavy atom. The van der Waals surface area contributed by atoms with Crippen LogP contribution in [0.2, 0.25) is 0 Å². The van der Waals surface area contributed by atoms with Crippen LogP contribution in [0.4, 0.5) is 5.69 Å². The van der Waals surface area contributed by atoms with Crippen LogP contribution in [-0.2, 0) is 28.5 Å². The summed E-state index contributed by atoms with van der Waals surface area (Å²) >= 11 is 0. The summed E-state index contributed by atoms with van der Waals surface area (Å²) in [5.74, 6) is -1.70. The zero-order valence-electron chi connectivity index (χ0n) is 16.8. The molecular weight excluding hydrogens is 390 g/mol. The standard InChI is InChI=1S/C22H21NO7/c1-27-20(24)16-6-4-14(5-7-16)15-8-10-17(11-9-15)23-13-30-12-18(21(25)28-2)19(23)22(26)29-3/h4-11H,12-13H2,1-3H3. The van der Waals surface area contributed by atoms with E-state index in [2.05, 4.69) is 0 Å². The smallest absolute Gasteiger partial charge is 0.355 e. The van der Waals surface area contributed by atoms with E-state index in [0.29, 0.717) is 11.3 Å². The molecule has 0 amide bonds. The predicted octanol–water partition coefficient (Wildman–Crippen LogP) is 2.53. The Labute approximate surface area is 173 Å². The zero-order valence-corrected chi connectivity index (χ0v) is 16.8. The first-order chi connectivity index (χ1) is 14.5. The van der Waals surface area contributed by atoms with Crippen molar-refractivity contribution in [1.82, 2.24) is 0 Å². The number of rotatable bonds is 5. The molecule has 0 radical (unpaired) electrons. The van der Waals surface area contributed by atoms with Gasteiger partial charge in [0.25, 0.3) is 0 Å². The third-order valence-electron chi connectivity index (χ3n) is 4.65. The molecule has 0 atom stereocenters. The lowest BCUT2D eigenvalue weighted by molar-refractivity contribution is -0.140. The van der Waals surface area contributed by atoms with Gasteiger partial charge in [-0.05, 0) is 35.4 Å². The van der Waals surface area contributed by atoms with Crippen molar-refractivity contribution in [3.8, 4) is 11.1 Å². The highest BCUT2D eigenvalue weighted by molar-refractivity contribution is 6.03. The van der Waals surface area contributed by atoms with Gasteiger partial charge < -0.3 is 23.8 Å². The van der Waals surface area contributed by atoms with Gasteiger partial charge in [0, 0.05) is 5.69 Å². The van der Waals surface area contributed by atoms with Crippen LogP contribution in [0.15, 0.2) is 59.8 Å². The molecule has 0 fully saturated rings. The number of hydrogen-bond acceptors (Lipinski definition) is 8. The summed E-state index contributed by atoms with van der Waals surface area (Å²) in [6.45, 7) is 0.0380. The number of nitrogens with zero attached hydrogens (tertiary/aromatic N) is 1. The van der Waals surface area contributed by atoms with Crippen molar-refractivity contribution < 1.29 is 33.3 Å². The number of carbonyl (C=O) groups is 3. The number of benzene rings is 2. The fourth-order valence-corrected chi connectivity index (χ4v) is 3.10. The van der Waals surface area contributed by atoms with Gasteiger partial charge in [0.15, 0.2) is 0 Å². The van der Waals surface area contributed by atoms with Crippen LogP contribution in [0.3, 0.4) is 0 Å². The first-order valence-electron chi connectivity index (χ1n) is 9.04.